The number of aromatic nitrogens is 3. The van der Waals surface area contributed by atoms with Crippen LogP contribution in [0, 0.1) is 0 Å². The van der Waals surface area contributed by atoms with Crippen LogP contribution in [0.3, 0.4) is 0 Å². The van der Waals surface area contributed by atoms with Crippen molar-refractivity contribution in [1.29, 1.82) is 0 Å². The van der Waals surface area contributed by atoms with Crippen molar-refractivity contribution in [2.75, 3.05) is 0 Å². The first-order valence-electron chi connectivity index (χ1n) is 6.37. The number of aliphatic hydroxyl groups is 1. The summed E-state index contributed by atoms with van der Waals surface area (Å²) < 4.78 is 1.88. The van der Waals surface area contributed by atoms with Crippen LogP contribution in [0.15, 0.2) is 36.8 Å². The van der Waals surface area contributed by atoms with Gasteiger partial charge in [0.2, 0.25) is 0 Å². The van der Waals surface area contributed by atoms with E-state index in [0.717, 1.165) is 30.6 Å². The Morgan fingerprint density at radius 1 is 1.39 bits per heavy atom. The highest BCUT2D eigenvalue weighted by atomic mass is 16.3. The first-order valence-corrected chi connectivity index (χ1v) is 6.37. The van der Waals surface area contributed by atoms with E-state index in [9.17, 15) is 5.11 Å². The molecule has 18 heavy (non-hydrogen) atoms. The zero-order valence-electron chi connectivity index (χ0n) is 10.7. The normalized spacial score (nSPS) is 12.6. The van der Waals surface area contributed by atoms with E-state index >= 15 is 0 Å². The van der Waals surface area contributed by atoms with Crippen molar-refractivity contribution in [1.82, 2.24) is 14.8 Å². The van der Waals surface area contributed by atoms with Crippen molar-refractivity contribution in [3.05, 3.63) is 48.0 Å². The van der Waals surface area contributed by atoms with E-state index in [2.05, 4.69) is 10.1 Å². The lowest BCUT2D eigenvalue weighted by Crippen LogP contribution is -2.11. The lowest BCUT2D eigenvalue weighted by molar-refractivity contribution is 0.165. The minimum Gasteiger partial charge on any atom is -0.393 e. The smallest absolute Gasteiger partial charge is 0.0585 e. The van der Waals surface area contributed by atoms with Crippen LogP contribution in [0.25, 0.3) is 0 Å². The molecule has 96 valence electrons. The maximum absolute atomic E-state index is 9.98. The molecule has 4 heteroatoms. The van der Waals surface area contributed by atoms with Crippen LogP contribution in [-0.4, -0.2) is 26.0 Å². The Labute approximate surface area is 107 Å². The molecule has 4 nitrogen and oxygen atoms in total. The van der Waals surface area contributed by atoms with Crippen molar-refractivity contribution in [3.8, 4) is 0 Å². The number of nitrogens with zero attached hydrogens (tertiary/aromatic N) is 3. The number of pyridine rings is 1. The summed E-state index contributed by atoms with van der Waals surface area (Å²) >= 11 is 0. The number of aryl methyl sites for hydroxylation is 2. The molecule has 2 aromatic rings. The molecule has 2 rings (SSSR count). The maximum Gasteiger partial charge on any atom is 0.0585 e. The molecule has 0 saturated heterocycles. The minimum atomic E-state index is -0.332. The van der Waals surface area contributed by atoms with Crippen molar-refractivity contribution in [2.45, 2.75) is 38.8 Å². The summed E-state index contributed by atoms with van der Waals surface area (Å²) in [5.41, 5.74) is 2.12. The standard InChI is InChI=1S/C14H19N3O/c1-2-17-11-12(10-16-17)9-14(18)7-6-13-5-3-4-8-15-13/h3-5,8,10-11,14,18H,2,6-7,9H2,1H3. The lowest BCUT2D eigenvalue weighted by atomic mass is 10.1. The molecule has 0 aliphatic heterocycles. The monoisotopic (exact) mass is 245 g/mol. The Bertz CT molecular complexity index is 467. The zero-order chi connectivity index (χ0) is 12.8. The molecule has 0 amide bonds. The van der Waals surface area contributed by atoms with Gasteiger partial charge in [-0.05, 0) is 37.5 Å². The molecule has 0 radical (unpaired) electrons. The van der Waals surface area contributed by atoms with Gasteiger partial charge >= 0.3 is 0 Å². The summed E-state index contributed by atoms with van der Waals surface area (Å²) in [4.78, 5) is 4.25. The predicted molar refractivity (Wildman–Crippen MR) is 70.2 cm³/mol. The van der Waals surface area contributed by atoms with Crippen molar-refractivity contribution < 1.29 is 5.11 Å². The zero-order valence-corrected chi connectivity index (χ0v) is 10.7. The van der Waals surface area contributed by atoms with E-state index < -0.39 is 0 Å². The van der Waals surface area contributed by atoms with Gasteiger partial charge in [0.1, 0.15) is 0 Å². The van der Waals surface area contributed by atoms with Gasteiger partial charge in [0.15, 0.2) is 0 Å². The first-order chi connectivity index (χ1) is 8.78. The maximum atomic E-state index is 9.98. The molecule has 1 unspecified atom stereocenters. The molecule has 0 aromatic carbocycles. The molecule has 0 fully saturated rings. The Kier molecular flexibility index (Phi) is 4.47. The first kappa shape index (κ1) is 12.8. The molecule has 1 atom stereocenters. The van der Waals surface area contributed by atoms with Crippen LogP contribution in [-0.2, 0) is 19.4 Å². The summed E-state index contributed by atoms with van der Waals surface area (Å²) in [5, 5.41) is 14.2. The highest BCUT2D eigenvalue weighted by Gasteiger charge is 2.08. The third-order valence-corrected chi connectivity index (χ3v) is 2.94. The van der Waals surface area contributed by atoms with Crippen LogP contribution in [0.4, 0.5) is 0 Å². The van der Waals surface area contributed by atoms with E-state index in [1.807, 2.05) is 42.2 Å². The number of aliphatic hydroxyl groups excluding tert-OH is 1. The van der Waals surface area contributed by atoms with Gasteiger partial charge in [-0.3, -0.25) is 9.67 Å². The van der Waals surface area contributed by atoms with Gasteiger partial charge in [-0.2, -0.15) is 5.10 Å². The fourth-order valence-electron chi connectivity index (χ4n) is 1.92. The van der Waals surface area contributed by atoms with Gasteiger partial charge in [-0.15, -0.1) is 0 Å². The van der Waals surface area contributed by atoms with Gasteiger partial charge in [-0.1, -0.05) is 6.07 Å². The molecule has 0 saturated carbocycles. The fourth-order valence-corrected chi connectivity index (χ4v) is 1.92. The highest BCUT2D eigenvalue weighted by Crippen LogP contribution is 2.08. The van der Waals surface area contributed by atoms with Crippen molar-refractivity contribution >= 4 is 0 Å². The average Bonchev–Trinajstić information content (AvgIpc) is 2.85. The van der Waals surface area contributed by atoms with Gasteiger partial charge < -0.3 is 5.11 Å². The largest absolute Gasteiger partial charge is 0.393 e. The summed E-state index contributed by atoms with van der Waals surface area (Å²) in [6.07, 6.45) is 7.47. The Hall–Kier alpha value is -1.68. The van der Waals surface area contributed by atoms with Crippen LogP contribution in [0.1, 0.15) is 24.6 Å². The summed E-state index contributed by atoms with van der Waals surface area (Å²) in [7, 11) is 0. The Morgan fingerprint density at radius 3 is 2.94 bits per heavy atom. The minimum absolute atomic E-state index is 0.332. The van der Waals surface area contributed by atoms with E-state index in [0.29, 0.717) is 6.42 Å². The molecule has 0 bridgehead atoms. The molecule has 1 N–H and O–H groups in total. The van der Waals surface area contributed by atoms with E-state index in [-0.39, 0.29) is 6.10 Å². The van der Waals surface area contributed by atoms with Gasteiger partial charge in [0, 0.05) is 31.1 Å². The number of hydrogen-bond acceptors (Lipinski definition) is 3. The van der Waals surface area contributed by atoms with Gasteiger partial charge in [0.05, 0.1) is 12.3 Å². The van der Waals surface area contributed by atoms with E-state index in [1.165, 1.54) is 0 Å². The molecular weight excluding hydrogens is 226 g/mol. The second-order valence-corrected chi connectivity index (χ2v) is 4.42. The lowest BCUT2D eigenvalue weighted by Gasteiger charge is -2.08. The molecule has 2 aromatic heterocycles. The third kappa shape index (κ3) is 3.67. The van der Waals surface area contributed by atoms with E-state index in [4.69, 9.17) is 0 Å². The Balaban J connectivity index is 1.80. The molecule has 0 aliphatic carbocycles. The predicted octanol–water partition coefficient (Wildman–Crippen LogP) is 1.83. The van der Waals surface area contributed by atoms with Crippen molar-refractivity contribution in [2.24, 2.45) is 0 Å². The summed E-state index contributed by atoms with van der Waals surface area (Å²) in [6.45, 7) is 2.91. The number of rotatable bonds is 6. The topological polar surface area (TPSA) is 50.9 Å². The fraction of sp³-hybridized carbons (Fsp3) is 0.429. The molecular formula is C14H19N3O. The molecule has 0 spiro atoms. The average molecular weight is 245 g/mol. The molecule has 2 heterocycles. The third-order valence-electron chi connectivity index (χ3n) is 2.94. The van der Waals surface area contributed by atoms with Crippen LogP contribution in [0.2, 0.25) is 0 Å². The number of hydrogen-bond donors (Lipinski definition) is 1. The highest BCUT2D eigenvalue weighted by molar-refractivity contribution is 5.07. The van der Waals surface area contributed by atoms with Gasteiger partial charge in [0.25, 0.3) is 0 Å². The summed E-state index contributed by atoms with van der Waals surface area (Å²) in [6, 6.07) is 5.86. The Morgan fingerprint density at radius 2 is 2.28 bits per heavy atom. The SMILES string of the molecule is CCn1cc(CC(O)CCc2ccccn2)cn1. The van der Waals surface area contributed by atoms with E-state index in [1.54, 1.807) is 6.20 Å². The van der Waals surface area contributed by atoms with Crippen LogP contribution < -0.4 is 0 Å². The summed E-state index contributed by atoms with van der Waals surface area (Å²) in [5.74, 6) is 0. The van der Waals surface area contributed by atoms with Crippen LogP contribution >= 0.6 is 0 Å². The van der Waals surface area contributed by atoms with Crippen molar-refractivity contribution in [3.63, 3.8) is 0 Å². The second-order valence-electron chi connectivity index (χ2n) is 4.42. The second kappa shape index (κ2) is 6.31. The quantitative estimate of drug-likeness (QED) is 0.844. The van der Waals surface area contributed by atoms with Crippen LogP contribution in [0.5, 0.6) is 0 Å². The molecule has 0 aliphatic rings. The van der Waals surface area contributed by atoms with Gasteiger partial charge in [-0.25, -0.2) is 0 Å².